The van der Waals surface area contributed by atoms with Crippen LogP contribution >= 0.6 is 0 Å². The first kappa shape index (κ1) is 9.64. The average molecular weight is 209 g/mol. The maximum absolute atomic E-state index is 13.4. The summed E-state index contributed by atoms with van der Waals surface area (Å²) in [4.78, 5) is 3.87. The van der Waals surface area contributed by atoms with Crippen molar-refractivity contribution in [1.82, 2.24) is 9.55 Å². The van der Waals surface area contributed by atoms with Gasteiger partial charge in [0, 0.05) is 7.05 Å². The zero-order valence-corrected chi connectivity index (χ0v) is 8.04. The number of hydrogen-bond donors (Lipinski definition) is 1. The van der Waals surface area contributed by atoms with E-state index in [0.717, 1.165) is 0 Å². The Balaban J connectivity index is 2.69. The number of benzene rings is 1. The minimum Gasteiger partial charge on any atom is -0.384 e. The van der Waals surface area contributed by atoms with Crippen molar-refractivity contribution in [3.8, 4) is 11.4 Å². The highest BCUT2D eigenvalue weighted by Crippen LogP contribution is 2.25. The lowest BCUT2D eigenvalue weighted by Crippen LogP contribution is -2.00. The van der Waals surface area contributed by atoms with Crippen molar-refractivity contribution in [2.24, 2.45) is 7.05 Å². The summed E-state index contributed by atoms with van der Waals surface area (Å²) in [6.45, 7) is 0. The van der Waals surface area contributed by atoms with Crippen LogP contribution in [0.15, 0.2) is 24.4 Å². The van der Waals surface area contributed by atoms with Crippen molar-refractivity contribution in [2.75, 3.05) is 5.73 Å². The van der Waals surface area contributed by atoms with Gasteiger partial charge in [0.2, 0.25) is 0 Å². The molecule has 0 atom stereocenters. The van der Waals surface area contributed by atoms with E-state index in [4.69, 9.17) is 5.73 Å². The summed E-state index contributed by atoms with van der Waals surface area (Å²) in [5, 5.41) is 0. The van der Waals surface area contributed by atoms with Crippen LogP contribution in [-0.2, 0) is 7.05 Å². The van der Waals surface area contributed by atoms with E-state index >= 15 is 0 Å². The lowest BCUT2D eigenvalue weighted by atomic mass is 10.2. The van der Waals surface area contributed by atoms with E-state index in [1.807, 2.05) is 0 Å². The molecule has 0 aliphatic heterocycles. The third-order valence-corrected chi connectivity index (χ3v) is 2.21. The molecule has 0 unspecified atom stereocenters. The fraction of sp³-hybridized carbons (Fsp3) is 0.100. The molecule has 2 N–H and O–H groups in total. The first-order valence-electron chi connectivity index (χ1n) is 4.33. The Bertz CT molecular complexity index is 485. The minimum absolute atomic E-state index is 0.156. The predicted octanol–water partition coefficient (Wildman–Crippen LogP) is 1.95. The van der Waals surface area contributed by atoms with Gasteiger partial charge in [-0.25, -0.2) is 13.8 Å². The van der Waals surface area contributed by atoms with Gasteiger partial charge in [0.15, 0.2) is 0 Å². The number of imidazole rings is 1. The summed E-state index contributed by atoms with van der Waals surface area (Å²) in [5.41, 5.74) is 5.38. The van der Waals surface area contributed by atoms with Crippen molar-refractivity contribution in [3.63, 3.8) is 0 Å². The molecular formula is C10H9F2N3. The maximum Gasteiger partial charge on any atom is 0.147 e. The quantitative estimate of drug-likeness (QED) is 0.780. The molecule has 0 fully saturated rings. The zero-order valence-electron chi connectivity index (χ0n) is 8.04. The first-order chi connectivity index (χ1) is 7.11. The number of rotatable bonds is 1. The molecular weight excluding hydrogens is 200 g/mol. The van der Waals surface area contributed by atoms with Crippen molar-refractivity contribution >= 4 is 5.82 Å². The maximum atomic E-state index is 13.4. The SMILES string of the molecule is Cn1c(N)cnc1-c1c(F)cccc1F. The van der Waals surface area contributed by atoms with Gasteiger partial charge >= 0.3 is 0 Å². The zero-order chi connectivity index (χ0) is 11.0. The molecule has 2 aromatic rings. The van der Waals surface area contributed by atoms with Crippen molar-refractivity contribution in [2.45, 2.75) is 0 Å². The molecule has 2 rings (SSSR count). The summed E-state index contributed by atoms with van der Waals surface area (Å²) in [5.74, 6) is -0.761. The molecule has 78 valence electrons. The molecule has 0 aliphatic rings. The molecule has 0 aliphatic carbocycles. The van der Waals surface area contributed by atoms with Crippen LogP contribution in [0.1, 0.15) is 0 Å². The van der Waals surface area contributed by atoms with Crippen LogP contribution in [0, 0.1) is 11.6 Å². The van der Waals surface area contributed by atoms with Crippen molar-refractivity contribution < 1.29 is 8.78 Å². The van der Waals surface area contributed by atoms with E-state index in [1.165, 1.54) is 29.0 Å². The molecule has 3 nitrogen and oxygen atoms in total. The molecule has 0 amide bonds. The number of hydrogen-bond acceptors (Lipinski definition) is 2. The highest BCUT2D eigenvalue weighted by molar-refractivity contribution is 5.59. The molecule has 15 heavy (non-hydrogen) atoms. The molecule has 1 aromatic carbocycles. The molecule has 0 spiro atoms. The van der Waals surface area contributed by atoms with Gasteiger partial charge in [-0.2, -0.15) is 0 Å². The highest BCUT2D eigenvalue weighted by atomic mass is 19.1. The van der Waals surface area contributed by atoms with Crippen LogP contribution in [0.2, 0.25) is 0 Å². The number of nitrogens with zero attached hydrogens (tertiary/aromatic N) is 2. The first-order valence-corrected chi connectivity index (χ1v) is 4.33. The summed E-state index contributed by atoms with van der Waals surface area (Å²) >= 11 is 0. The summed E-state index contributed by atoms with van der Waals surface area (Å²) in [6.07, 6.45) is 1.36. The van der Waals surface area contributed by atoms with Gasteiger partial charge in [-0.1, -0.05) is 6.07 Å². The lowest BCUT2D eigenvalue weighted by Gasteiger charge is -2.05. The molecule has 1 aromatic heterocycles. The van der Waals surface area contributed by atoms with E-state index in [9.17, 15) is 8.78 Å². The molecule has 0 saturated heterocycles. The van der Waals surface area contributed by atoms with Gasteiger partial charge in [0.05, 0.1) is 11.8 Å². The van der Waals surface area contributed by atoms with Crippen LogP contribution in [0.3, 0.4) is 0 Å². The summed E-state index contributed by atoms with van der Waals surface area (Å²) in [6, 6.07) is 3.67. The van der Waals surface area contributed by atoms with Crippen molar-refractivity contribution in [1.29, 1.82) is 0 Å². The largest absolute Gasteiger partial charge is 0.384 e. The normalized spacial score (nSPS) is 10.6. The monoisotopic (exact) mass is 209 g/mol. The average Bonchev–Trinajstić information content (AvgIpc) is 2.49. The number of aromatic nitrogens is 2. The van der Waals surface area contributed by atoms with E-state index < -0.39 is 11.6 Å². The van der Waals surface area contributed by atoms with Gasteiger partial charge in [0.25, 0.3) is 0 Å². The molecule has 0 radical (unpaired) electrons. The molecule has 0 saturated carbocycles. The standard InChI is InChI=1S/C10H9F2N3/c1-15-8(13)5-14-10(15)9-6(11)3-2-4-7(9)12/h2-5H,13H2,1H3. The van der Waals surface area contributed by atoms with Crippen molar-refractivity contribution in [3.05, 3.63) is 36.0 Å². The summed E-state index contributed by atoms with van der Waals surface area (Å²) in [7, 11) is 1.60. The number of nitrogens with two attached hydrogens (primary N) is 1. The smallest absolute Gasteiger partial charge is 0.147 e. The minimum atomic E-state index is -0.649. The Morgan fingerprint density at radius 1 is 1.27 bits per heavy atom. The Morgan fingerprint density at radius 2 is 1.87 bits per heavy atom. The third kappa shape index (κ3) is 1.45. The number of halogens is 2. The number of nitrogen functional groups attached to an aromatic ring is 1. The van der Waals surface area contributed by atoms with Gasteiger partial charge in [-0.3, -0.25) is 0 Å². The second-order valence-electron chi connectivity index (χ2n) is 3.16. The van der Waals surface area contributed by atoms with Crippen LogP contribution in [0.5, 0.6) is 0 Å². The van der Waals surface area contributed by atoms with Crippen LogP contribution in [0.4, 0.5) is 14.6 Å². The van der Waals surface area contributed by atoms with Gasteiger partial charge in [-0.15, -0.1) is 0 Å². The number of anilines is 1. The van der Waals surface area contributed by atoms with E-state index in [2.05, 4.69) is 4.98 Å². The van der Waals surface area contributed by atoms with Crippen LogP contribution in [0.25, 0.3) is 11.4 Å². The second-order valence-corrected chi connectivity index (χ2v) is 3.16. The highest BCUT2D eigenvalue weighted by Gasteiger charge is 2.15. The lowest BCUT2D eigenvalue weighted by molar-refractivity contribution is 0.586. The van der Waals surface area contributed by atoms with Gasteiger partial charge in [0.1, 0.15) is 23.3 Å². The fourth-order valence-electron chi connectivity index (χ4n) is 1.37. The molecule has 5 heteroatoms. The Labute approximate surface area is 85.2 Å². The van der Waals surface area contributed by atoms with E-state index in [1.54, 1.807) is 7.05 Å². The molecule has 1 heterocycles. The Morgan fingerprint density at radius 3 is 2.33 bits per heavy atom. The Hall–Kier alpha value is -1.91. The predicted molar refractivity (Wildman–Crippen MR) is 53.0 cm³/mol. The second kappa shape index (κ2) is 3.34. The summed E-state index contributed by atoms with van der Waals surface area (Å²) < 4.78 is 28.2. The van der Waals surface area contributed by atoms with Gasteiger partial charge < -0.3 is 10.3 Å². The third-order valence-electron chi connectivity index (χ3n) is 2.21. The molecule has 0 bridgehead atoms. The topological polar surface area (TPSA) is 43.8 Å². The van der Waals surface area contributed by atoms with E-state index in [0.29, 0.717) is 5.82 Å². The fourth-order valence-corrected chi connectivity index (χ4v) is 1.37. The Kier molecular flexibility index (Phi) is 2.15. The van der Waals surface area contributed by atoms with Gasteiger partial charge in [-0.05, 0) is 12.1 Å². The van der Waals surface area contributed by atoms with E-state index in [-0.39, 0.29) is 11.4 Å². The van der Waals surface area contributed by atoms with Crippen LogP contribution < -0.4 is 5.73 Å². The van der Waals surface area contributed by atoms with Crippen LogP contribution in [-0.4, -0.2) is 9.55 Å².